The molecule has 2 aromatic heterocycles. The molecule has 2 aliphatic rings. The average Bonchev–Trinajstić information content (AvgIpc) is 3.71. The minimum absolute atomic E-state index is 0.00967. The van der Waals surface area contributed by atoms with Gasteiger partial charge in [-0.05, 0) is 37.0 Å². The summed E-state index contributed by atoms with van der Waals surface area (Å²) in [6.07, 6.45) is 5.18. The second kappa shape index (κ2) is 13.5. The summed E-state index contributed by atoms with van der Waals surface area (Å²) in [7, 11) is 0. The van der Waals surface area contributed by atoms with Gasteiger partial charge < -0.3 is 35.5 Å². The van der Waals surface area contributed by atoms with Gasteiger partial charge in [0.05, 0.1) is 19.1 Å². The Balaban J connectivity index is 1.24. The number of aromatic nitrogens is 2. The van der Waals surface area contributed by atoms with Crippen molar-refractivity contribution < 1.29 is 23.9 Å². The van der Waals surface area contributed by atoms with Crippen LogP contribution in [0.2, 0.25) is 0 Å². The Hall–Kier alpha value is -4.45. The zero-order chi connectivity index (χ0) is 29.5. The molecule has 42 heavy (non-hydrogen) atoms. The molecule has 0 aliphatic carbocycles. The lowest BCUT2D eigenvalue weighted by atomic mass is 10.1. The van der Waals surface area contributed by atoms with Gasteiger partial charge in [0.2, 0.25) is 17.7 Å². The summed E-state index contributed by atoms with van der Waals surface area (Å²) in [5.74, 6) is -0.844. The van der Waals surface area contributed by atoms with E-state index in [0.717, 1.165) is 48.1 Å². The molecule has 0 saturated carbocycles. The van der Waals surface area contributed by atoms with Gasteiger partial charge in [0, 0.05) is 61.6 Å². The number of hydrogen-bond acceptors (Lipinski definition) is 7. The third-order valence-electron chi connectivity index (χ3n) is 7.80. The summed E-state index contributed by atoms with van der Waals surface area (Å²) < 4.78 is 5.49. The van der Waals surface area contributed by atoms with Crippen LogP contribution in [0.5, 0.6) is 0 Å². The Morgan fingerprint density at radius 1 is 1.05 bits per heavy atom. The molecule has 3 aromatic rings. The van der Waals surface area contributed by atoms with Crippen molar-refractivity contribution >= 4 is 34.7 Å². The monoisotopic (exact) mass is 575 g/mol. The van der Waals surface area contributed by atoms with Crippen LogP contribution in [0, 0.1) is 0 Å². The number of nitrogens with two attached hydrogens (primary N) is 1. The molecular formula is C30H37N7O5. The van der Waals surface area contributed by atoms with Crippen LogP contribution in [0.15, 0.2) is 54.9 Å². The molecule has 12 heteroatoms. The summed E-state index contributed by atoms with van der Waals surface area (Å²) in [4.78, 5) is 64.4. The van der Waals surface area contributed by atoms with Crippen molar-refractivity contribution in [2.45, 2.75) is 50.9 Å². The first-order chi connectivity index (χ1) is 20.4. The van der Waals surface area contributed by atoms with Crippen LogP contribution in [0.4, 0.5) is 4.79 Å². The predicted molar refractivity (Wildman–Crippen MR) is 155 cm³/mol. The Morgan fingerprint density at radius 2 is 1.83 bits per heavy atom. The topological polar surface area (TPSA) is 154 Å². The number of hydrogen-bond donors (Lipinski definition) is 3. The summed E-state index contributed by atoms with van der Waals surface area (Å²) in [5, 5.41) is 3.81. The Morgan fingerprint density at radius 3 is 2.60 bits per heavy atom. The number of carbonyl (C=O) groups excluding carboxylic acids is 4. The Kier molecular flexibility index (Phi) is 9.32. The molecule has 2 atom stereocenters. The van der Waals surface area contributed by atoms with E-state index >= 15 is 0 Å². The van der Waals surface area contributed by atoms with Crippen LogP contribution in [0.3, 0.4) is 0 Å². The van der Waals surface area contributed by atoms with Crippen molar-refractivity contribution in [3.8, 4) is 0 Å². The molecule has 0 bridgehead atoms. The number of nitrogens with zero attached hydrogens (tertiary/aromatic N) is 4. The molecule has 4 amide bonds. The zero-order valence-electron chi connectivity index (χ0n) is 23.5. The number of likely N-dealkylation sites (tertiary alicyclic amines) is 1. The van der Waals surface area contributed by atoms with Gasteiger partial charge in [0.1, 0.15) is 12.6 Å². The third-order valence-corrected chi connectivity index (χ3v) is 7.80. The first-order valence-electron chi connectivity index (χ1n) is 14.4. The number of ether oxygens (including phenoxy) is 1. The van der Waals surface area contributed by atoms with E-state index < -0.39 is 30.0 Å². The number of amides is 4. The number of pyridine rings is 1. The largest absolute Gasteiger partial charge is 0.445 e. The number of piperazine rings is 1. The fourth-order valence-electron chi connectivity index (χ4n) is 5.42. The predicted octanol–water partition coefficient (Wildman–Crippen LogP) is 1.76. The van der Waals surface area contributed by atoms with Crippen LogP contribution in [-0.4, -0.2) is 93.3 Å². The quantitative estimate of drug-likeness (QED) is 0.351. The zero-order valence-corrected chi connectivity index (χ0v) is 23.5. The van der Waals surface area contributed by atoms with Crippen LogP contribution in [0.1, 0.15) is 36.9 Å². The van der Waals surface area contributed by atoms with Crippen molar-refractivity contribution in [2.75, 3.05) is 32.7 Å². The summed E-state index contributed by atoms with van der Waals surface area (Å²) in [6.45, 7) is 2.03. The Bertz CT molecular complexity index is 1370. The van der Waals surface area contributed by atoms with E-state index in [1.807, 2.05) is 42.5 Å². The summed E-state index contributed by atoms with van der Waals surface area (Å²) in [5.41, 5.74) is 8.77. The molecule has 5 rings (SSSR count). The van der Waals surface area contributed by atoms with Crippen molar-refractivity contribution in [1.82, 2.24) is 30.0 Å². The highest BCUT2D eigenvalue weighted by molar-refractivity contribution is 5.91. The number of benzene rings is 1. The second-order valence-electron chi connectivity index (χ2n) is 10.7. The molecular weight excluding hydrogens is 538 g/mol. The van der Waals surface area contributed by atoms with E-state index in [1.165, 1.54) is 9.80 Å². The molecule has 4 N–H and O–H groups in total. The number of fused-ring (bicyclic) bond motifs is 1. The number of aromatic amines is 1. The van der Waals surface area contributed by atoms with Crippen molar-refractivity contribution in [3.05, 3.63) is 66.1 Å². The average molecular weight is 576 g/mol. The SMILES string of the molecule is NC(CCC(=O)N1CCCC1)C(=O)N1CCN(C(=O)OCc2ccccc2)CC1C(=O)NCc1cc2cnccc2[nH]1. The molecule has 12 nitrogen and oxygen atoms in total. The van der Waals surface area contributed by atoms with Crippen LogP contribution >= 0.6 is 0 Å². The van der Waals surface area contributed by atoms with E-state index in [-0.39, 0.29) is 51.5 Å². The van der Waals surface area contributed by atoms with Crippen LogP contribution in [0.25, 0.3) is 10.9 Å². The van der Waals surface area contributed by atoms with Crippen LogP contribution in [-0.2, 0) is 32.3 Å². The first kappa shape index (κ1) is 29.1. The van der Waals surface area contributed by atoms with E-state index in [9.17, 15) is 19.2 Å². The second-order valence-corrected chi connectivity index (χ2v) is 10.7. The van der Waals surface area contributed by atoms with Gasteiger partial charge in [-0.25, -0.2) is 4.79 Å². The van der Waals surface area contributed by atoms with Gasteiger partial charge >= 0.3 is 6.09 Å². The lowest BCUT2D eigenvalue weighted by Crippen LogP contribution is -2.63. The highest BCUT2D eigenvalue weighted by Crippen LogP contribution is 2.18. The van der Waals surface area contributed by atoms with Crippen molar-refractivity contribution in [2.24, 2.45) is 5.73 Å². The van der Waals surface area contributed by atoms with Gasteiger partial charge in [-0.15, -0.1) is 0 Å². The smallest absolute Gasteiger partial charge is 0.410 e. The number of nitrogens with one attached hydrogen (secondary N) is 2. The van der Waals surface area contributed by atoms with Gasteiger partial charge in [-0.2, -0.15) is 0 Å². The van der Waals surface area contributed by atoms with Crippen molar-refractivity contribution in [3.63, 3.8) is 0 Å². The third kappa shape index (κ3) is 7.06. The maximum absolute atomic E-state index is 13.5. The van der Waals surface area contributed by atoms with Crippen LogP contribution < -0.4 is 11.1 Å². The fraction of sp³-hybridized carbons (Fsp3) is 0.433. The maximum atomic E-state index is 13.5. The molecule has 222 valence electrons. The number of H-pyrrole nitrogens is 1. The molecule has 2 saturated heterocycles. The Labute approximate surface area is 244 Å². The van der Waals surface area contributed by atoms with E-state index in [2.05, 4.69) is 15.3 Å². The molecule has 1 aromatic carbocycles. The molecule has 2 unspecified atom stereocenters. The summed E-state index contributed by atoms with van der Waals surface area (Å²) >= 11 is 0. The lowest BCUT2D eigenvalue weighted by molar-refractivity contribution is -0.145. The minimum atomic E-state index is -0.970. The van der Waals surface area contributed by atoms with Gasteiger partial charge in [0.25, 0.3) is 0 Å². The minimum Gasteiger partial charge on any atom is -0.445 e. The summed E-state index contributed by atoms with van der Waals surface area (Å²) in [6, 6.07) is 11.1. The highest BCUT2D eigenvalue weighted by Gasteiger charge is 2.39. The highest BCUT2D eigenvalue weighted by atomic mass is 16.6. The molecule has 0 radical (unpaired) electrons. The molecule has 0 spiro atoms. The first-order valence-corrected chi connectivity index (χ1v) is 14.4. The van der Waals surface area contributed by atoms with E-state index in [4.69, 9.17) is 10.5 Å². The molecule has 2 aliphatic heterocycles. The van der Waals surface area contributed by atoms with Gasteiger partial charge in [-0.1, -0.05) is 30.3 Å². The normalized spacial score (nSPS) is 17.7. The lowest BCUT2D eigenvalue weighted by Gasteiger charge is -2.41. The molecule has 2 fully saturated rings. The maximum Gasteiger partial charge on any atom is 0.410 e. The van der Waals surface area contributed by atoms with Gasteiger partial charge in [0.15, 0.2) is 0 Å². The standard InChI is InChI=1S/C30H37N7O5/c31-24(8-9-27(38)35-12-4-5-13-35)29(40)37-15-14-36(30(41)42-20-21-6-2-1-3-7-21)19-26(37)28(39)33-18-23-16-22-17-32-11-10-25(22)34-23/h1-3,6-7,10-11,16-17,24,26,34H,4-5,8-9,12-15,18-20,31H2,(H,33,39). The number of rotatable bonds is 9. The molecule has 4 heterocycles. The van der Waals surface area contributed by atoms with E-state index in [0.29, 0.717) is 0 Å². The number of carbonyl (C=O) groups is 4. The van der Waals surface area contributed by atoms with E-state index in [1.54, 1.807) is 17.3 Å². The van der Waals surface area contributed by atoms with Crippen molar-refractivity contribution in [1.29, 1.82) is 0 Å². The van der Waals surface area contributed by atoms with Gasteiger partial charge in [-0.3, -0.25) is 19.4 Å². The fourth-order valence-corrected chi connectivity index (χ4v) is 5.42.